The molecule has 0 unspecified atom stereocenters. The van der Waals surface area contributed by atoms with E-state index in [-0.39, 0.29) is 19.0 Å². The van der Waals surface area contributed by atoms with Crippen LogP contribution in [0.15, 0.2) is 0 Å². The predicted octanol–water partition coefficient (Wildman–Crippen LogP) is 0.560. The van der Waals surface area contributed by atoms with Crippen LogP contribution in [0.2, 0.25) is 0 Å². The van der Waals surface area contributed by atoms with Gasteiger partial charge in [-0.25, -0.2) is 4.79 Å². The van der Waals surface area contributed by atoms with E-state index in [0.29, 0.717) is 6.54 Å². The van der Waals surface area contributed by atoms with Gasteiger partial charge in [-0.1, -0.05) is 12.8 Å². The van der Waals surface area contributed by atoms with E-state index in [1.165, 1.54) is 12.8 Å². The normalized spacial score (nSPS) is 14.9. The summed E-state index contributed by atoms with van der Waals surface area (Å²) in [6, 6.07) is -0.271. The molecule has 80 valence electrons. The van der Waals surface area contributed by atoms with E-state index in [1.807, 2.05) is 0 Å². The molecule has 5 heteroatoms. The number of urea groups is 1. The van der Waals surface area contributed by atoms with Gasteiger partial charge in [-0.3, -0.25) is 4.79 Å². The molecule has 3 N–H and O–H groups in total. The molecule has 0 saturated heterocycles. The molecule has 0 radical (unpaired) electrons. The van der Waals surface area contributed by atoms with E-state index in [9.17, 15) is 9.59 Å². The smallest absolute Gasteiger partial charge is 0.314 e. The number of aliphatic carboxylic acids is 1. The number of carbonyl (C=O) groups is 2. The van der Waals surface area contributed by atoms with Crippen molar-refractivity contribution in [1.29, 1.82) is 0 Å². The number of hydrogen-bond acceptors (Lipinski definition) is 2. The van der Waals surface area contributed by atoms with Gasteiger partial charge in [-0.15, -0.1) is 0 Å². The number of rotatable bonds is 6. The molecule has 0 heterocycles. The first-order chi connectivity index (χ1) is 6.68. The Morgan fingerprint density at radius 1 is 1.21 bits per heavy atom. The SMILES string of the molecule is O=C(O)CCNC(=O)NCCC1CC1. The molecule has 0 bridgehead atoms. The first-order valence-corrected chi connectivity index (χ1v) is 4.92. The van der Waals surface area contributed by atoms with E-state index in [4.69, 9.17) is 5.11 Å². The molecule has 0 spiro atoms. The van der Waals surface area contributed by atoms with Crippen molar-refractivity contribution in [3.8, 4) is 0 Å². The lowest BCUT2D eigenvalue weighted by Gasteiger charge is -2.05. The average molecular weight is 200 g/mol. The van der Waals surface area contributed by atoms with Gasteiger partial charge in [0.1, 0.15) is 0 Å². The van der Waals surface area contributed by atoms with Crippen molar-refractivity contribution in [2.45, 2.75) is 25.7 Å². The molecule has 5 nitrogen and oxygen atoms in total. The minimum absolute atomic E-state index is 0.0317. The molecule has 1 aliphatic carbocycles. The molecule has 1 fully saturated rings. The van der Waals surface area contributed by atoms with Crippen LogP contribution in [0.3, 0.4) is 0 Å². The highest BCUT2D eigenvalue weighted by Crippen LogP contribution is 2.31. The second kappa shape index (κ2) is 5.47. The molecule has 1 saturated carbocycles. The number of hydrogen-bond donors (Lipinski definition) is 3. The van der Waals surface area contributed by atoms with E-state index in [0.717, 1.165) is 12.3 Å². The third-order valence-electron chi connectivity index (χ3n) is 2.16. The molecule has 0 aromatic carbocycles. The van der Waals surface area contributed by atoms with Crippen LogP contribution < -0.4 is 10.6 Å². The maximum Gasteiger partial charge on any atom is 0.314 e. The van der Waals surface area contributed by atoms with Crippen molar-refractivity contribution in [2.24, 2.45) is 5.92 Å². The summed E-state index contributed by atoms with van der Waals surface area (Å²) in [5.74, 6) is -0.0994. The quantitative estimate of drug-likeness (QED) is 0.586. The lowest BCUT2D eigenvalue weighted by atomic mass is 10.3. The Labute approximate surface area is 82.9 Å². The van der Waals surface area contributed by atoms with Crippen molar-refractivity contribution in [3.63, 3.8) is 0 Å². The van der Waals surface area contributed by atoms with Crippen LogP contribution in [0.25, 0.3) is 0 Å². The fourth-order valence-electron chi connectivity index (χ4n) is 1.14. The van der Waals surface area contributed by atoms with Crippen molar-refractivity contribution in [2.75, 3.05) is 13.1 Å². The zero-order chi connectivity index (χ0) is 10.4. The van der Waals surface area contributed by atoms with E-state index in [2.05, 4.69) is 10.6 Å². The highest BCUT2D eigenvalue weighted by molar-refractivity contribution is 5.74. The van der Waals surface area contributed by atoms with E-state index < -0.39 is 5.97 Å². The van der Waals surface area contributed by atoms with Crippen LogP contribution in [-0.4, -0.2) is 30.2 Å². The molecular weight excluding hydrogens is 184 g/mol. The van der Waals surface area contributed by atoms with Crippen molar-refractivity contribution >= 4 is 12.0 Å². The molecule has 2 amide bonds. The average Bonchev–Trinajstić information content (AvgIpc) is 2.87. The summed E-state index contributed by atoms with van der Waals surface area (Å²) in [5.41, 5.74) is 0. The van der Waals surface area contributed by atoms with Crippen LogP contribution in [0.4, 0.5) is 4.79 Å². The van der Waals surface area contributed by atoms with Gasteiger partial charge < -0.3 is 15.7 Å². The van der Waals surface area contributed by atoms with E-state index >= 15 is 0 Å². The second-order valence-corrected chi connectivity index (χ2v) is 3.56. The maximum absolute atomic E-state index is 11.0. The van der Waals surface area contributed by atoms with Gasteiger partial charge in [0.25, 0.3) is 0 Å². The lowest BCUT2D eigenvalue weighted by Crippen LogP contribution is -2.37. The standard InChI is InChI=1S/C9H16N2O3/c12-8(13)4-6-11-9(14)10-5-3-7-1-2-7/h7H,1-6H2,(H,12,13)(H2,10,11,14). The van der Waals surface area contributed by atoms with Crippen LogP contribution in [0.1, 0.15) is 25.7 Å². The van der Waals surface area contributed by atoms with Crippen molar-refractivity contribution < 1.29 is 14.7 Å². The Bertz CT molecular complexity index is 214. The third kappa shape index (κ3) is 5.40. The Kier molecular flexibility index (Phi) is 4.22. The monoisotopic (exact) mass is 200 g/mol. The number of carboxylic acids is 1. The summed E-state index contributed by atoms with van der Waals surface area (Å²) in [6.45, 7) is 0.869. The molecule has 0 aromatic rings. The first-order valence-electron chi connectivity index (χ1n) is 4.92. The molecule has 0 aliphatic heterocycles. The predicted molar refractivity (Wildman–Crippen MR) is 51.0 cm³/mol. The van der Waals surface area contributed by atoms with Gasteiger partial charge in [0, 0.05) is 13.1 Å². The molecule has 14 heavy (non-hydrogen) atoms. The van der Waals surface area contributed by atoms with Gasteiger partial charge >= 0.3 is 12.0 Å². The number of carbonyl (C=O) groups excluding carboxylic acids is 1. The van der Waals surface area contributed by atoms with Crippen LogP contribution in [0, 0.1) is 5.92 Å². The van der Waals surface area contributed by atoms with Crippen molar-refractivity contribution in [3.05, 3.63) is 0 Å². The Morgan fingerprint density at radius 3 is 2.43 bits per heavy atom. The van der Waals surface area contributed by atoms with Crippen LogP contribution in [0.5, 0.6) is 0 Å². The maximum atomic E-state index is 11.0. The van der Waals surface area contributed by atoms with Gasteiger partial charge in [-0.2, -0.15) is 0 Å². The Balaban J connectivity index is 1.89. The highest BCUT2D eigenvalue weighted by Gasteiger charge is 2.20. The number of carboxylic acid groups (broad SMARTS) is 1. The number of nitrogens with one attached hydrogen (secondary N) is 2. The zero-order valence-corrected chi connectivity index (χ0v) is 8.08. The molecule has 0 aromatic heterocycles. The van der Waals surface area contributed by atoms with Crippen LogP contribution >= 0.6 is 0 Å². The Morgan fingerprint density at radius 2 is 1.86 bits per heavy atom. The molecule has 0 atom stereocenters. The minimum atomic E-state index is -0.900. The summed E-state index contributed by atoms with van der Waals surface area (Å²) >= 11 is 0. The summed E-state index contributed by atoms with van der Waals surface area (Å²) in [6.07, 6.45) is 3.56. The van der Waals surface area contributed by atoms with Crippen molar-refractivity contribution in [1.82, 2.24) is 10.6 Å². The highest BCUT2D eigenvalue weighted by atomic mass is 16.4. The molecule has 1 rings (SSSR count). The van der Waals surface area contributed by atoms with E-state index in [1.54, 1.807) is 0 Å². The van der Waals surface area contributed by atoms with Gasteiger partial charge in [-0.05, 0) is 12.3 Å². The van der Waals surface area contributed by atoms with Gasteiger partial charge in [0.05, 0.1) is 6.42 Å². The summed E-state index contributed by atoms with van der Waals surface area (Å²) < 4.78 is 0. The summed E-state index contributed by atoms with van der Waals surface area (Å²) in [5, 5.41) is 13.5. The largest absolute Gasteiger partial charge is 0.481 e. The molecule has 1 aliphatic rings. The zero-order valence-electron chi connectivity index (χ0n) is 8.08. The minimum Gasteiger partial charge on any atom is -0.481 e. The third-order valence-corrected chi connectivity index (χ3v) is 2.16. The number of amides is 2. The Hall–Kier alpha value is -1.26. The first kappa shape index (κ1) is 10.8. The fourth-order valence-corrected chi connectivity index (χ4v) is 1.14. The fraction of sp³-hybridized carbons (Fsp3) is 0.778. The summed E-state index contributed by atoms with van der Waals surface area (Å²) in [7, 11) is 0. The van der Waals surface area contributed by atoms with Gasteiger partial charge in [0.15, 0.2) is 0 Å². The topological polar surface area (TPSA) is 78.4 Å². The van der Waals surface area contributed by atoms with Crippen LogP contribution in [-0.2, 0) is 4.79 Å². The second-order valence-electron chi connectivity index (χ2n) is 3.56. The molecular formula is C9H16N2O3. The van der Waals surface area contributed by atoms with Gasteiger partial charge in [0.2, 0.25) is 0 Å². The summed E-state index contributed by atoms with van der Waals surface area (Å²) in [4.78, 5) is 21.1. The lowest BCUT2D eigenvalue weighted by molar-refractivity contribution is -0.136.